The first-order valence-electron chi connectivity index (χ1n) is 5.11. The first kappa shape index (κ1) is 9.00. The molecule has 2 rings (SSSR count). The number of nitrogens with zero attached hydrogens (tertiary/aromatic N) is 1. The van der Waals surface area contributed by atoms with E-state index in [-0.39, 0.29) is 0 Å². The van der Waals surface area contributed by atoms with Gasteiger partial charge in [0.15, 0.2) is 0 Å². The Bertz CT molecular complexity index is 331. The van der Waals surface area contributed by atoms with Crippen LogP contribution in [0.5, 0.6) is 0 Å². The monoisotopic (exact) mass is 196 g/mol. The fraction of sp³-hybridized carbons (Fsp3) is 0.700. The Labute approximate surface area is 83.9 Å². The zero-order chi connectivity index (χ0) is 9.26. The van der Waals surface area contributed by atoms with E-state index in [4.69, 9.17) is 12.2 Å². The molecule has 2 nitrogen and oxygen atoms in total. The first-order valence-corrected chi connectivity index (χ1v) is 5.52. The van der Waals surface area contributed by atoms with E-state index in [0.717, 1.165) is 11.1 Å². The highest BCUT2D eigenvalue weighted by Gasteiger charge is 2.17. The van der Waals surface area contributed by atoms with Crippen molar-refractivity contribution in [2.24, 2.45) is 0 Å². The molecule has 0 aliphatic heterocycles. The minimum absolute atomic E-state index is 0.646. The second-order valence-corrected chi connectivity index (χ2v) is 4.20. The summed E-state index contributed by atoms with van der Waals surface area (Å²) in [6.45, 7) is 2.15. The van der Waals surface area contributed by atoms with Gasteiger partial charge in [-0.2, -0.15) is 0 Å². The largest absolute Gasteiger partial charge is 0.301 e. The average Bonchev–Trinajstić information content (AvgIpc) is 2.72. The van der Waals surface area contributed by atoms with E-state index in [1.54, 1.807) is 0 Å². The molecule has 1 aromatic heterocycles. The molecule has 0 bridgehead atoms. The third-order valence-corrected chi connectivity index (χ3v) is 3.18. The molecule has 0 aromatic carbocycles. The smallest absolute Gasteiger partial charge is 0.122 e. The molecule has 72 valence electrons. The molecule has 0 saturated heterocycles. The Morgan fingerprint density at radius 2 is 2.23 bits per heavy atom. The predicted molar refractivity (Wildman–Crippen MR) is 56.5 cm³/mol. The van der Waals surface area contributed by atoms with Gasteiger partial charge in [0.1, 0.15) is 4.64 Å². The van der Waals surface area contributed by atoms with Crippen molar-refractivity contribution >= 4 is 12.2 Å². The maximum absolute atomic E-state index is 5.31. The minimum atomic E-state index is 0.646. The van der Waals surface area contributed by atoms with Gasteiger partial charge >= 0.3 is 0 Å². The van der Waals surface area contributed by atoms with Crippen LogP contribution in [0.15, 0.2) is 6.07 Å². The minimum Gasteiger partial charge on any atom is -0.301 e. The molecule has 0 atom stereocenters. The van der Waals surface area contributed by atoms with Crippen LogP contribution >= 0.6 is 12.2 Å². The number of aromatic amines is 1. The van der Waals surface area contributed by atoms with E-state index in [1.807, 2.05) is 0 Å². The lowest BCUT2D eigenvalue weighted by Gasteiger charge is -2.10. The van der Waals surface area contributed by atoms with Crippen LogP contribution in [0.4, 0.5) is 0 Å². The van der Waals surface area contributed by atoms with Crippen LogP contribution in [0, 0.1) is 4.64 Å². The van der Waals surface area contributed by atoms with Crippen molar-refractivity contribution in [2.45, 2.75) is 45.1 Å². The molecule has 0 radical (unpaired) electrons. The molecular formula is C10H16N2S. The van der Waals surface area contributed by atoms with Crippen LogP contribution in [0.1, 0.15) is 44.3 Å². The topological polar surface area (TPSA) is 20.7 Å². The summed E-state index contributed by atoms with van der Waals surface area (Å²) in [6.07, 6.45) is 6.33. The molecule has 3 heteroatoms. The normalized spacial score (nSPS) is 18.2. The van der Waals surface area contributed by atoms with Crippen molar-refractivity contribution in [3.8, 4) is 0 Å². The van der Waals surface area contributed by atoms with Gasteiger partial charge in [-0.25, -0.2) is 0 Å². The molecule has 1 heterocycles. The number of aryl methyl sites for hydroxylation is 1. The Hall–Kier alpha value is -0.570. The van der Waals surface area contributed by atoms with Gasteiger partial charge in [0.2, 0.25) is 0 Å². The van der Waals surface area contributed by atoms with Gasteiger partial charge in [0.05, 0.1) is 6.04 Å². The third-order valence-electron chi connectivity index (χ3n) is 2.87. The lowest BCUT2D eigenvalue weighted by Crippen LogP contribution is -2.06. The van der Waals surface area contributed by atoms with Crippen LogP contribution in [-0.2, 0) is 6.42 Å². The Balaban J connectivity index is 2.28. The van der Waals surface area contributed by atoms with Crippen LogP contribution < -0.4 is 0 Å². The number of aromatic nitrogens is 2. The van der Waals surface area contributed by atoms with Crippen molar-refractivity contribution in [1.29, 1.82) is 0 Å². The lowest BCUT2D eigenvalue weighted by atomic mass is 10.3. The number of hydrogen-bond acceptors (Lipinski definition) is 1. The molecule has 1 aliphatic rings. The molecule has 0 unspecified atom stereocenters. The van der Waals surface area contributed by atoms with Crippen molar-refractivity contribution in [3.63, 3.8) is 0 Å². The van der Waals surface area contributed by atoms with Gasteiger partial charge < -0.3 is 5.10 Å². The summed E-state index contributed by atoms with van der Waals surface area (Å²) in [5, 5.41) is 3.39. The van der Waals surface area contributed by atoms with Gasteiger partial charge in [-0.3, -0.25) is 4.68 Å². The molecule has 1 N–H and O–H groups in total. The van der Waals surface area contributed by atoms with Crippen LogP contribution in [-0.4, -0.2) is 9.78 Å². The summed E-state index contributed by atoms with van der Waals surface area (Å²) in [7, 11) is 0. The van der Waals surface area contributed by atoms with Crippen molar-refractivity contribution in [3.05, 3.63) is 16.4 Å². The number of hydrogen-bond donors (Lipinski definition) is 1. The van der Waals surface area contributed by atoms with Crippen molar-refractivity contribution in [2.75, 3.05) is 0 Å². The quantitative estimate of drug-likeness (QED) is 0.720. The van der Waals surface area contributed by atoms with Crippen molar-refractivity contribution in [1.82, 2.24) is 9.78 Å². The van der Waals surface area contributed by atoms with Gasteiger partial charge in [-0.1, -0.05) is 32.0 Å². The number of rotatable bonds is 2. The Morgan fingerprint density at radius 3 is 2.77 bits per heavy atom. The van der Waals surface area contributed by atoms with E-state index in [9.17, 15) is 0 Å². The summed E-state index contributed by atoms with van der Waals surface area (Å²) in [4.78, 5) is 0. The van der Waals surface area contributed by atoms with Gasteiger partial charge in [-0.05, 0) is 25.3 Å². The highest BCUT2D eigenvalue weighted by Crippen LogP contribution is 2.29. The molecule has 1 fully saturated rings. The van der Waals surface area contributed by atoms with Crippen LogP contribution in [0.3, 0.4) is 0 Å². The summed E-state index contributed by atoms with van der Waals surface area (Å²) in [6, 6.07) is 2.74. The molecular weight excluding hydrogens is 180 g/mol. The Kier molecular flexibility index (Phi) is 2.54. The zero-order valence-corrected chi connectivity index (χ0v) is 8.86. The number of H-pyrrole nitrogens is 1. The maximum Gasteiger partial charge on any atom is 0.122 e. The second-order valence-electron chi connectivity index (χ2n) is 3.78. The van der Waals surface area contributed by atoms with Crippen molar-refractivity contribution < 1.29 is 0 Å². The SMILES string of the molecule is CCc1cc(=S)n(C2CCCC2)[nH]1. The third kappa shape index (κ3) is 1.70. The van der Waals surface area contributed by atoms with Crippen LogP contribution in [0.2, 0.25) is 0 Å². The Morgan fingerprint density at radius 1 is 1.54 bits per heavy atom. The summed E-state index contributed by atoms with van der Waals surface area (Å²) in [5.41, 5.74) is 1.26. The highest BCUT2D eigenvalue weighted by atomic mass is 32.1. The molecule has 0 spiro atoms. The average molecular weight is 196 g/mol. The van der Waals surface area contributed by atoms with Crippen LogP contribution in [0.25, 0.3) is 0 Å². The molecule has 1 aromatic rings. The fourth-order valence-corrected chi connectivity index (χ4v) is 2.41. The summed E-state index contributed by atoms with van der Waals surface area (Å²) >= 11 is 5.31. The molecule has 1 saturated carbocycles. The standard InChI is InChI=1S/C10H16N2S/c1-2-8-7-10(13)12(11-8)9-5-3-4-6-9/h7,9,11H,2-6H2,1H3. The predicted octanol–water partition coefficient (Wildman–Crippen LogP) is 3.22. The van der Waals surface area contributed by atoms with E-state index in [0.29, 0.717) is 6.04 Å². The second kappa shape index (κ2) is 3.66. The molecule has 0 amide bonds. The lowest BCUT2D eigenvalue weighted by molar-refractivity contribution is 0.458. The van der Waals surface area contributed by atoms with E-state index >= 15 is 0 Å². The fourth-order valence-electron chi connectivity index (χ4n) is 2.08. The highest BCUT2D eigenvalue weighted by molar-refractivity contribution is 7.71. The number of nitrogens with one attached hydrogen (secondary N) is 1. The summed E-state index contributed by atoms with van der Waals surface area (Å²) in [5.74, 6) is 0. The van der Waals surface area contributed by atoms with Gasteiger partial charge in [0, 0.05) is 5.69 Å². The summed E-state index contributed by atoms with van der Waals surface area (Å²) < 4.78 is 3.16. The van der Waals surface area contributed by atoms with E-state index < -0.39 is 0 Å². The molecule has 13 heavy (non-hydrogen) atoms. The maximum atomic E-state index is 5.31. The van der Waals surface area contributed by atoms with Gasteiger partial charge in [-0.15, -0.1) is 0 Å². The van der Waals surface area contributed by atoms with E-state index in [2.05, 4.69) is 22.8 Å². The zero-order valence-electron chi connectivity index (χ0n) is 8.05. The van der Waals surface area contributed by atoms with Gasteiger partial charge in [0.25, 0.3) is 0 Å². The molecule has 1 aliphatic carbocycles. The first-order chi connectivity index (χ1) is 6.31. The van der Waals surface area contributed by atoms with E-state index in [1.165, 1.54) is 31.4 Å².